The predicted molar refractivity (Wildman–Crippen MR) is 84.6 cm³/mol. The fourth-order valence-corrected chi connectivity index (χ4v) is 3.80. The molecule has 1 atom stereocenters. The molecule has 4 heteroatoms. The predicted octanol–water partition coefficient (Wildman–Crippen LogP) is 4.63. The fourth-order valence-electron chi connectivity index (χ4n) is 1.92. The number of hydrogen-bond acceptors (Lipinski definition) is 3. The minimum atomic E-state index is 0.0350. The molecular weight excluding hydrogens is 320 g/mol. The Morgan fingerprint density at radius 2 is 1.95 bits per heavy atom. The topological polar surface area (TPSA) is 38.9 Å². The van der Waals surface area contributed by atoms with Crippen LogP contribution in [0, 0.1) is 13.8 Å². The first-order valence-corrected chi connectivity index (χ1v) is 7.75. The summed E-state index contributed by atoms with van der Waals surface area (Å²) in [6, 6.07) is 10.5. The third kappa shape index (κ3) is 3.81. The standard InChI is InChI=1S/C15H17BrN2S/c1-9-6-10(2)18-15(7-9)19-12-4-5-13(11(3)17)14(16)8-12/h4-8,11H,17H2,1-3H3. The maximum absolute atomic E-state index is 5.91. The van der Waals surface area contributed by atoms with E-state index in [-0.39, 0.29) is 6.04 Å². The Hall–Kier alpha value is -0.840. The molecule has 1 unspecified atom stereocenters. The summed E-state index contributed by atoms with van der Waals surface area (Å²) in [5.41, 5.74) is 9.32. The highest BCUT2D eigenvalue weighted by atomic mass is 79.9. The molecule has 0 saturated heterocycles. The molecule has 0 amide bonds. The van der Waals surface area contributed by atoms with E-state index in [9.17, 15) is 0 Å². The zero-order valence-electron chi connectivity index (χ0n) is 11.3. The van der Waals surface area contributed by atoms with Crippen LogP contribution in [0.15, 0.2) is 44.7 Å². The van der Waals surface area contributed by atoms with Gasteiger partial charge in [0.15, 0.2) is 0 Å². The molecule has 0 aliphatic heterocycles. The average molecular weight is 337 g/mol. The van der Waals surface area contributed by atoms with Crippen molar-refractivity contribution in [1.82, 2.24) is 4.98 Å². The number of hydrogen-bond donors (Lipinski definition) is 1. The van der Waals surface area contributed by atoms with Gasteiger partial charge in [-0.05, 0) is 56.2 Å². The number of halogens is 1. The van der Waals surface area contributed by atoms with E-state index in [0.717, 1.165) is 25.7 Å². The molecule has 1 aromatic heterocycles. The molecule has 2 nitrogen and oxygen atoms in total. The van der Waals surface area contributed by atoms with Crippen LogP contribution >= 0.6 is 27.7 Å². The Morgan fingerprint density at radius 3 is 2.53 bits per heavy atom. The van der Waals surface area contributed by atoms with Crippen LogP contribution in [0.4, 0.5) is 0 Å². The number of nitrogens with zero attached hydrogens (tertiary/aromatic N) is 1. The highest BCUT2D eigenvalue weighted by molar-refractivity contribution is 9.10. The van der Waals surface area contributed by atoms with Crippen LogP contribution in [-0.2, 0) is 0 Å². The molecule has 0 saturated carbocycles. The Kier molecular flexibility index (Phi) is 4.66. The summed E-state index contributed by atoms with van der Waals surface area (Å²) in [4.78, 5) is 5.70. The number of rotatable bonds is 3. The minimum Gasteiger partial charge on any atom is -0.324 e. The van der Waals surface area contributed by atoms with Gasteiger partial charge in [-0.1, -0.05) is 33.8 Å². The number of nitrogens with two attached hydrogens (primary N) is 1. The zero-order valence-corrected chi connectivity index (χ0v) is 13.7. The van der Waals surface area contributed by atoms with Crippen LogP contribution in [0.1, 0.15) is 29.8 Å². The van der Waals surface area contributed by atoms with E-state index >= 15 is 0 Å². The van der Waals surface area contributed by atoms with Gasteiger partial charge in [-0.15, -0.1) is 0 Å². The molecule has 2 N–H and O–H groups in total. The van der Waals surface area contributed by atoms with Crippen LogP contribution in [0.2, 0.25) is 0 Å². The van der Waals surface area contributed by atoms with E-state index < -0.39 is 0 Å². The van der Waals surface area contributed by atoms with Crippen LogP contribution in [0.5, 0.6) is 0 Å². The summed E-state index contributed by atoms with van der Waals surface area (Å²) in [5, 5.41) is 1.03. The van der Waals surface area contributed by atoms with Crippen LogP contribution in [0.3, 0.4) is 0 Å². The van der Waals surface area contributed by atoms with Crippen molar-refractivity contribution in [1.29, 1.82) is 0 Å². The molecular formula is C15H17BrN2S. The Morgan fingerprint density at radius 1 is 1.21 bits per heavy atom. The average Bonchev–Trinajstić information content (AvgIpc) is 2.26. The summed E-state index contributed by atoms with van der Waals surface area (Å²) in [6.07, 6.45) is 0. The molecule has 0 spiro atoms. The summed E-state index contributed by atoms with van der Waals surface area (Å²) < 4.78 is 1.05. The number of aromatic nitrogens is 1. The van der Waals surface area contributed by atoms with Crippen molar-refractivity contribution < 1.29 is 0 Å². The van der Waals surface area contributed by atoms with E-state index in [1.54, 1.807) is 11.8 Å². The lowest BCUT2D eigenvalue weighted by Crippen LogP contribution is -2.05. The third-order valence-corrected chi connectivity index (χ3v) is 4.35. The first kappa shape index (κ1) is 14.6. The van der Waals surface area contributed by atoms with E-state index in [4.69, 9.17) is 5.73 Å². The zero-order chi connectivity index (χ0) is 14.0. The van der Waals surface area contributed by atoms with E-state index in [1.807, 2.05) is 13.8 Å². The largest absolute Gasteiger partial charge is 0.324 e. The first-order valence-electron chi connectivity index (χ1n) is 6.14. The van der Waals surface area contributed by atoms with Gasteiger partial charge in [0.25, 0.3) is 0 Å². The summed E-state index contributed by atoms with van der Waals surface area (Å²) >= 11 is 5.24. The van der Waals surface area contributed by atoms with Crippen molar-refractivity contribution in [2.75, 3.05) is 0 Å². The van der Waals surface area contributed by atoms with Gasteiger partial charge >= 0.3 is 0 Å². The van der Waals surface area contributed by atoms with Gasteiger partial charge < -0.3 is 5.73 Å². The van der Waals surface area contributed by atoms with Crippen molar-refractivity contribution in [3.05, 3.63) is 51.6 Å². The van der Waals surface area contributed by atoms with Gasteiger partial charge in [0, 0.05) is 21.1 Å². The number of aryl methyl sites for hydroxylation is 2. The van der Waals surface area contributed by atoms with Crippen molar-refractivity contribution in [2.45, 2.75) is 36.7 Å². The van der Waals surface area contributed by atoms with Gasteiger partial charge in [0.1, 0.15) is 5.03 Å². The summed E-state index contributed by atoms with van der Waals surface area (Å²) in [6.45, 7) is 6.10. The lowest BCUT2D eigenvalue weighted by molar-refractivity contribution is 0.811. The minimum absolute atomic E-state index is 0.0350. The van der Waals surface area contributed by atoms with E-state index in [0.29, 0.717) is 0 Å². The molecule has 1 heterocycles. The molecule has 1 aromatic carbocycles. The summed E-state index contributed by atoms with van der Waals surface area (Å²) in [7, 11) is 0. The van der Waals surface area contributed by atoms with Gasteiger partial charge in [-0.2, -0.15) is 0 Å². The molecule has 2 aromatic rings. The first-order chi connectivity index (χ1) is 8.95. The van der Waals surface area contributed by atoms with E-state index in [2.05, 4.69) is 58.2 Å². The van der Waals surface area contributed by atoms with Crippen LogP contribution < -0.4 is 5.73 Å². The van der Waals surface area contributed by atoms with Gasteiger partial charge in [0.2, 0.25) is 0 Å². The molecule has 19 heavy (non-hydrogen) atoms. The Balaban J connectivity index is 2.26. The molecule has 0 fully saturated rings. The molecule has 0 radical (unpaired) electrons. The molecule has 2 rings (SSSR count). The fraction of sp³-hybridized carbons (Fsp3) is 0.267. The third-order valence-electron chi connectivity index (χ3n) is 2.76. The molecule has 100 valence electrons. The molecule has 0 aliphatic carbocycles. The lowest BCUT2D eigenvalue weighted by Gasteiger charge is -2.10. The normalized spacial score (nSPS) is 12.5. The van der Waals surface area contributed by atoms with E-state index in [1.165, 1.54) is 5.56 Å². The Labute approximate surface area is 126 Å². The second kappa shape index (κ2) is 6.07. The second-order valence-corrected chi connectivity index (χ2v) is 6.65. The quantitative estimate of drug-likeness (QED) is 0.887. The maximum atomic E-state index is 5.91. The van der Waals surface area contributed by atoms with Crippen LogP contribution in [-0.4, -0.2) is 4.98 Å². The van der Waals surface area contributed by atoms with Crippen molar-refractivity contribution in [2.24, 2.45) is 5.73 Å². The SMILES string of the molecule is Cc1cc(C)nc(Sc2ccc(C(C)N)c(Br)c2)c1. The van der Waals surface area contributed by atoms with Gasteiger partial charge in [-0.3, -0.25) is 0 Å². The van der Waals surface area contributed by atoms with Crippen molar-refractivity contribution in [3.8, 4) is 0 Å². The van der Waals surface area contributed by atoms with Crippen molar-refractivity contribution in [3.63, 3.8) is 0 Å². The smallest absolute Gasteiger partial charge is 0.101 e. The van der Waals surface area contributed by atoms with Crippen molar-refractivity contribution >= 4 is 27.7 Å². The molecule has 0 bridgehead atoms. The lowest BCUT2D eigenvalue weighted by atomic mass is 10.1. The van der Waals surface area contributed by atoms with Gasteiger partial charge in [-0.25, -0.2) is 4.98 Å². The number of pyridine rings is 1. The maximum Gasteiger partial charge on any atom is 0.101 e. The number of benzene rings is 1. The monoisotopic (exact) mass is 336 g/mol. The second-order valence-electron chi connectivity index (χ2n) is 4.70. The van der Waals surface area contributed by atoms with Crippen LogP contribution in [0.25, 0.3) is 0 Å². The highest BCUT2D eigenvalue weighted by Crippen LogP contribution is 2.32. The summed E-state index contributed by atoms with van der Waals surface area (Å²) in [5.74, 6) is 0. The van der Waals surface area contributed by atoms with Gasteiger partial charge in [0.05, 0.1) is 0 Å². The Bertz CT molecular complexity index is 576. The molecule has 0 aliphatic rings. The highest BCUT2D eigenvalue weighted by Gasteiger charge is 2.07.